The highest BCUT2D eigenvalue weighted by Crippen LogP contribution is 2.37. The summed E-state index contributed by atoms with van der Waals surface area (Å²) in [6.07, 6.45) is -13.7. The second kappa shape index (κ2) is 5.85. The molecule has 4 atom stereocenters. The molecule has 128 valence electrons. The molecule has 1 rings (SSSR count). The number of nitrogens with one attached hydrogen (secondary N) is 1. The van der Waals surface area contributed by atoms with Gasteiger partial charge in [0.25, 0.3) is 5.78 Å². The van der Waals surface area contributed by atoms with Gasteiger partial charge in [-0.1, -0.05) is 11.6 Å². The van der Waals surface area contributed by atoms with Crippen LogP contribution in [-0.2, 0) is 14.3 Å². The third-order valence-corrected chi connectivity index (χ3v) is 3.39. The second-order valence-electron chi connectivity index (χ2n) is 4.60. The van der Waals surface area contributed by atoms with Crippen LogP contribution in [0.4, 0.5) is 26.3 Å². The molecule has 0 unspecified atom stereocenters. The molecule has 0 bridgehead atoms. The summed E-state index contributed by atoms with van der Waals surface area (Å²) in [6.45, 7) is 0.824. The lowest BCUT2D eigenvalue weighted by molar-refractivity contribution is -0.220. The highest BCUT2D eigenvalue weighted by molar-refractivity contribution is 6.19. The Labute approximate surface area is 124 Å². The zero-order valence-electron chi connectivity index (χ0n) is 10.8. The van der Waals surface area contributed by atoms with E-state index >= 15 is 0 Å². The molecule has 0 aromatic heterocycles. The van der Waals surface area contributed by atoms with Crippen LogP contribution < -0.4 is 5.32 Å². The number of hydrogen-bond donors (Lipinski definition) is 2. The first-order valence-corrected chi connectivity index (χ1v) is 6.15. The SMILES string of the molecule is C[C@H]1O[C@H](Cl)C[C@H](NC(=O)C(F)(F)F)[C@]1(O)C(=O)C(F)(F)F. The highest BCUT2D eigenvalue weighted by Gasteiger charge is 2.62. The minimum absolute atomic E-state index is 0.824. The van der Waals surface area contributed by atoms with Crippen LogP contribution in [0.3, 0.4) is 0 Å². The fourth-order valence-electron chi connectivity index (χ4n) is 2.01. The number of ether oxygens (including phenoxy) is 1. The zero-order chi connectivity index (χ0) is 17.5. The van der Waals surface area contributed by atoms with Crippen molar-refractivity contribution in [3.8, 4) is 0 Å². The summed E-state index contributed by atoms with van der Waals surface area (Å²) < 4.78 is 79.0. The number of Topliss-reactive ketones (excluding diaryl/α,β-unsaturated/α-hetero) is 1. The van der Waals surface area contributed by atoms with Gasteiger partial charge in [0, 0.05) is 6.42 Å². The van der Waals surface area contributed by atoms with Crippen LogP contribution in [0.1, 0.15) is 13.3 Å². The number of aliphatic hydroxyl groups is 1. The van der Waals surface area contributed by atoms with Crippen molar-refractivity contribution >= 4 is 23.3 Å². The molecule has 2 N–H and O–H groups in total. The Kier molecular flexibility index (Phi) is 5.05. The average molecular weight is 358 g/mol. The predicted molar refractivity (Wildman–Crippen MR) is 58.8 cm³/mol. The van der Waals surface area contributed by atoms with Gasteiger partial charge in [-0.3, -0.25) is 9.59 Å². The molecule has 0 aromatic carbocycles. The van der Waals surface area contributed by atoms with Crippen molar-refractivity contribution in [3.63, 3.8) is 0 Å². The number of amides is 1. The van der Waals surface area contributed by atoms with E-state index in [-0.39, 0.29) is 0 Å². The first-order valence-electron chi connectivity index (χ1n) is 5.72. The van der Waals surface area contributed by atoms with E-state index in [4.69, 9.17) is 11.6 Å². The van der Waals surface area contributed by atoms with E-state index in [1.807, 2.05) is 0 Å². The van der Waals surface area contributed by atoms with Crippen molar-refractivity contribution in [2.75, 3.05) is 0 Å². The molecule has 1 aliphatic heterocycles. The van der Waals surface area contributed by atoms with Crippen LogP contribution in [0, 0.1) is 0 Å². The third-order valence-electron chi connectivity index (χ3n) is 3.11. The molecule has 0 aliphatic carbocycles. The molecule has 12 heteroatoms. The van der Waals surface area contributed by atoms with E-state index in [1.165, 1.54) is 0 Å². The number of halogens is 7. The van der Waals surface area contributed by atoms with Crippen LogP contribution >= 0.6 is 11.6 Å². The molecule has 1 saturated heterocycles. The first kappa shape index (κ1) is 19.0. The quantitative estimate of drug-likeness (QED) is 0.576. The minimum atomic E-state index is -5.55. The van der Waals surface area contributed by atoms with E-state index < -0.39 is 53.8 Å². The van der Waals surface area contributed by atoms with Crippen molar-refractivity contribution in [1.82, 2.24) is 5.32 Å². The largest absolute Gasteiger partial charge is 0.471 e. The van der Waals surface area contributed by atoms with Gasteiger partial charge in [-0.15, -0.1) is 0 Å². The standard InChI is InChI=1S/C10H10ClF6NO4/c1-3-8(21,6(19)9(12,13)14)4(2-5(11)22-3)18-7(20)10(15,16)17/h3-5,21H,2H2,1H3,(H,18,20)/t3-,4+,5+,8+/m1/s1. The maximum atomic E-state index is 12.6. The molecule has 22 heavy (non-hydrogen) atoms. The molecule has 1 heterocycles. The van der Waals surface area contributed by atoms with Gasteiger partial charge in [0.05, 0.1) is 12.1 Å². The molecule has 0 aromatic rings. The molecular weight excluding hydrogens is 348 g/mol. The van der Waals surface area contributed by atoms with Gasteiger partial charge < -0.3 is 15.2 Å². The summed E-state index contributed by atoms with van der Waals surface area (Å²) in [5.41, 5.74) is -4.82. The maximum absolute atomic E-state index is 12.6. The zero-order valence-corrected chi connectivity index (χ0v) is 11.5. The smallest absolute Gasteiger partial charge is 0.377 e. The van der Waals surface area contributed by atoms with Crippen molar-refractivity contribution in [2.24, 2.45) is 0 Å². The van der Waals surface area contributed by atoms with Gasteiger partial charge in [-0.05, 0) is 6.92 Å². The van der Waals surface area contributed by atoms with E-state index in [0.717, 1.165) is 12.2 Å². The number of hydrogen-bond acceptors (Lipinski definition) is 4. The molecule has 1 fully saturated rings. The van der Waals surface area contributed by atoms with E-state index in [1.54, 1.807) is 0 Å². The maximum Gasteiger partial charge on any atom is 0.471 e. The van der Waals surface area contributed by atoms with Crippen LogP contribution in [0.25, 0.3) is 0 Å². The van der Waals surface area contributed by atoms with Crippen molar-refractivity contribution in [1.29, 1.82) is 0 Å². The second-order valence-corrected chi connectivity index (χ2v) is 5.09. The third kappa shape index (κ3) is 3.63. The van der Waals surface area contributed by atoms with E-state index in [0.29, 0.717) is 0 Å². The predicted octanol–water partition coefficient (Wildman–Crippen LogP) is 1.27. The molecular formula is C10H10ClF6NO4. The first-order chi connectivity index (χ1) is 9.70. The fraction of sp³-hybridized carbons (Fsp3) is 0.800. The fourth-order valence-corrected chi connectivity index (χ4v) is 2.34. The van der Waals surface area contributed by atoms with Crippen molar-refractivity contribution < 1.29 is 45.8 Å². The molecule has 1 aliphatic rings. The van der Waals surface area contributed by atoms with E-state index in [2.05, 4.69) is 4.74 Å². The van der Waals surface area contributed by atoms with E-state index in [9.17, 15) is 41.0 Å². The molecule has 0 spiro atoms. The summed E-state index contributed by atoms with van der Waals surface area (Å²) in [7, 11) is 0. The van der Waals surface area contributed by atoms with Gasteiger partial charge in [0.2, 0.25) is 0 Å². The van der Waals surface area contributed by atoms with Crippen molar-refractivity contribution in [2.45, 2.75) is 49.0 Å². The number of rotatable bonds is 2. The highest BCUT2D eigenvalue weighted by atomic mass is 35.5. The summed E-state index contributed by atoms with van der Waals surface area (Å²) in [5.74, 6) is -5.34. The van der Waals surface area contributed by atoms with Crippen LogP contribution in [0.2, 0.25) is 0 Å². The number of carbonyl (C=O) groups excluding carboxylic acids is 2. The summed E-state index contributed by atoms with van der Waals surface area (Å²) in [4.78, 5) is 22.3. The van der Waals surface area contributed by atoms with Crippen LogP contribution in [-0.4, -0.2) is 52.5 Å². The lowest BCUT2D eigenvalue weighted by Gasteiger charge is -2.44. The Balaban J connectivity index is 3.18. The number of ketones is 1. The normalized spacial score (nSPS) is 33.4. The Bertz CT molecular complexity index is 467. The average Bonchev–Trinajstić information content (AvgIpc) is 2.31. The monoisotopic (exact) mass is 357 g/mol. The lowest BCUT2D eigenvalue weighted by Crippen LogP contribution is -2.70. The van der Waals surface area contributed by atoms with Crippen molar-refractivity contribution in [3.05, 3.63) is 0 Å². The van der Waals surface area contributed by atoms with Gasteiger partial charge >= 0.3 is 18.3 Å². The van der Waals surface area contributed by atoms with Gasteiger partial charge in [0.15, 0.2) is 5.60 Å². The van der Waals surface area contributed by atoms with Crippen LogP contribution in [0.15, 0.2) is 0 Å². The van der Waals surface area contributed by atoms with Gasteiger partial charge in [-0.25, -0.2) is 0 Å². The molecule has 0 saturated carbocycles. The molecule has 5 nitrogen and oxygen atoms in total. The molecule has 1 amide bonds. The number of carbonyl (C=O) groups is 2. The Morgan fingerprint density at radius 2 is 1.73 bits per heavy atom. The summed E-state index contributed by atoms with van der Waals surface area (Å²) in [5, 5.41) is 11.2. The Morgan fingerprint density at radius 1 is 1.23 bits per heavy atom. The van der Waals surface area contributed by atoms with Crippen LogP contribution in [0.5, 0.6) is 0 Å². The van der Waals surface area contributed by atoms with Gasteiger partial charge in [0.1, 0.15) is 5.56 Å². The Morgan fingerprint density at radius 3 is 2.14 bits per heavy atom. The summed E-state index contributed by atoms with van der Waals surface area (Å²) >= 11 is 5.49. The lowest BCUT2D eigenvalue weighted by atomic mass is 9.80. The Hall–Kier alpha value is -1.07. The van der Waals surface area contributed by atoms with Gasteiger partial charge in [-0.2, -0.15) is 26.3 Å². The number of alkyl halides is 7. The topological polar surface area (TPSA) is 75.6 Å². The summed E-state index contributed by atoms with van der Waals surface area (Å²) in [6, 6.07) is -2.22. The minimum Gasteiger partial charge on any atom is -0.377 e. The molecule has 0 radical (unpaired) electrons.